The first-order chi connectivity index (χ1) is 4.98. The minimum absolute atomic E-state index is 0.0926. The summed E-state index contributed by atoms with van der Waals surface area (Å²) in [5, 5.41) is 0. The number of amidine groups is 1. The molecule has 3 nitrogen and oxygen atoms in total. The Morgan fingerprint density at radius 2 is 2.09 bits per heavy atom. The molecule has 0 saturated carbocycles. The second-order valence-corrected chi connectivity index (χ2v) is 3.55. The van der Waals surface area contributed by atoms with Crippen molar-refractivity contribution in [2.24, 2.45) is 16.1 Å². The average Bonchev–Trinajstić information content (AvgIpc) is 1.84. The van der Waals surface area contributed by atoms with Gasteiger partial charge in [0.15, 0.2) is 0 Å². The molecule has 0 fully saturated rings. The van der Waals surface area contributed by atoms with Crippen molar-refractivity contribution in [1.29, 1.82) is 0 Å². The van der Waals surface area contributed by atoms with Crippen molar-refractivity contribution in [3.63, 3.8) is 0 Å². The summed E-state index contributed by atoms with van der Waals surface area (Å²) in [5.74, 6) is 0.633. The Morgan fingerprint density at radius 1 is 1.55 bits per heavy atom. The second kappa shape index (κ2) is 4.34. The van der Waals surface area contributed by atoms with Crippen LogP contribution in [0.4, 0.5) is 0 Å². The Balaban J connectivity index is 3.81. The molecule has 0 aliphatic heterocycles. The summed E-state index contributed by atoms with van der Waals surface area (Å²) in [6.45, 7) is 7.43. The van der Waals surface area contributed by atoms with Crippen LogP contribution in [-0.4, -0.2) is 26.1 Å². The van der Waals surface area contributed by atoms with Crippen LogP contribution in [0.1, 0.15) is 20.8 Å². The van der Waals surface area contributed by atoms with E-state index < -0.39 is 0 Å². The first-order valence-electron chi connectivity index (χ1n) is 3.73. The molecule has 0 unspecified atom stereocenters. The molecule has 2 N–H and O–H groups in total. The number of hydrogen-bond donors (Lipinski definition) is 1. The van der Waals surface area contributed by atoms with Gasteiger partial charge in [-0.1, -0.05) is 13.8 Å². The molecule has 0 amide bonds. The fourth-order valence-electron chi connectivity index (χ4n) is 0.775. The van der Waals surface area contributed by atoms with E-state index >= 15 is 0 Å². The normalized spacial score (nSPS) is 13.6. The van der Waals surface area contributed by atoms with Crippen LogP contribution in [0.2, 0.25) is 0 Å². The van der Waals surface area contributed by atoms with E-state index in [0.29, 0.717) is 12.4 Å². The van der Waals surface area contributed by atoms with E-state index in [1.807, 2.05) is 0 Å². The second-order valence-electron chi connectivity index (χ2n) is 3.55. The number of rotatable bonds is 4. The predicted octanol–water partition coefficient (Wildman–Crippen LogP) is 1.04. The summed E-state index contributed by atoms with van der Waals surface area (Å²) in [6.07, 6.45) is 0. The Bertz CT molecular complexity index is 137. The Kier molecular flexibility index (Phi) is 4.11. The van der Waals surface area contributed by atoms with Crippen molar-refractivity contribution in [3.05, 3.63) is 0 Å². The van der Waals surface area contributed by atoms with Gasteiger partial charge in [-0.2, -0.15) is 0 Å². The van der Waals surface area contributed by atoms with Gasteiger partial charge in [0.05, 0.1) is 12.4 Å². The van der Waals surface area contributed by atoms with E-state index in [-0.39, 0.29) is 5.41 Å². The summed E-state index contributed by atoms with van der Waals surface area (Å²) in [6, 6.07) is 0. The molecule has 0 aromatic rings. The van der Waals surface area contributed by atoms with Crippen LogP contribution in [0.3, 0.4) is 0 Å². The molecule has 0 saturated heterocycles. The largest absolute Gasteiger partial charge is 0.388 e. The number of ether oxygens (including phenoxy) is 1. The summed E-state index contributed by atoms with van der Waals surface area (Å²) >= 11 is 0. The van der Waals surface area contributed by atoms with Gasteiger partial charge in [0.1, 0.15) is 0 Å². The van der Waals surface area contributed by atoms with Crippen molar-refractivity contribution < 1.29 is 4.74 Å². The van der Waals surface area contributed by atoms with E-state index in [0.717, 1.165) is 6.54 Å². The quantitative estimate of drug-likeness (QED) is 0.491. The van der Waals surface area contributed by atoms with Crippen molar-refractivity contribution in [3.8, 4) is 0 Å². The van der Waals surface area contributed by atoms with Crippen molar-refractivity contribution in [2.75, 3.05) is 20.3 Å². The van der Waals surface area contributed by atoms with E-state index in [1.165, 1.54) is 0 Å². The minimum Gasteiger partial charge on any atom is -0.388 e. The Morgan fingerprint density at radius 3 is 2.45 bits per heavy atom. The van der Waals surface area contributed by atoms with Gasteiger partial charge in [0.2, 0.25) is 0 Å². The zero-order valence-electron chi connectivity index (χ0n) is 7.85. The molecule has 0 heterocycles. The standard InChI is InChI=1S/C8H18N2O/c1-7(9)10-5-8(2,3)6-11-4/h5-6H2,1-4H3,(H2,9,10). The lowest BCUT2D eigenvalue weighted by Crippen LogP contribution is -2.23. The molecule has 66 valence electrons. The zero-order chi connectivity index (χ0) is 8.91. The lowest BCUT2D eigenvalue weighted by atomic mass is 9.95. The number of methoxy groups -OCH3 is 1. The van der Waals surface area contributed by atoms with E-state index in [2.05, 4.69) is 18.8 Å². The number of nitrogens with two attached hydrogens (primary N) is 1. The maximum Gasteiger partial charge on any atom is 0.0905 e. The summed E-state index contributed by atoms with van der Waals surface area (Å²) < 4.78 is 5.03. The lowest BCUT2D eigenvalue weighted by molar-refractivity contribution is 0.110. The Labute approximate surface area is 68.6 Å². The fourth-order valence-corrected chi connectivity index (χ4v) is 0.775. The van der Waals surface area contributed by atoms with Gasteiger partial charge in [-0.05, 0) is 6.92 Å². The molecular weight excluding hydrogens is 140 g/mol. The maximum absolute atomic E-state index is 5.40. The third-order valence-corrected chi connectivity index (χ3v) is 1.29. The highest BCUT2D eigenvalue weighted by atomic mass is 16.5. The smallest absolute Gasteiger partial charge is 0.0905 e. The van der Waals surface area contributed by atoms with Gasteiger partial charge in [0.25, 0.3) is 0 Å². The molecule has 0 bridgehead atoms. The van der Waals surface area contributed by atoms with Crippen LogP contribution in [0, 0.1) is 5.41 Å². The van der Waals surface area contributed by atoms with Crippen LogP contribution in [0.5, 0.6) is 0 Å². The number of hydrogen-bond acceptors (Lipinski definition) is 2. The van der Waals surface area contributed by atoms with Gasteiger partial charge in [0, 0.05) is 19.1 Å². The van der Waals surface area contributed by atoms with Gasteiger partial charge >= 0.3 is 0 Å². The molecule has 11 heavy (non-hydrogen) atoms. The summed E-state index contributed by atoms with van der Waals surface area (Å²) in [7, 11) is 1.70. The molecule has 0 rings (SSSR count). The fraction of sp³-hybridized carbons (Fsp3) is 0.875. The first kappa shape index (κ1) is 10.4. The van der Waals surface area contributed by atoms with Crippen LogP contribution < -0.4 is 5.73 Å². The molecule has 3 heteroatoms. The first-order valence-corrected chi connectivity index (χ1v) is 3.73. The van der Waals surface area contributed by atoms with E-state index in [4.69, 9.17) is 10.5 Å². The predicted molar refractivity (Wildman–Crippen MR) is 47.8 cm³/mol. The monoisotopic (exact) mass is 158 g/mol. The van der Waals surface area contributed by atoms with Gasteiger partial charge < -0.3 is 10.5 Å². The minimum atomic E-state index is 0.0926. The third kappa shape index (κ3) is 5.85. The molecule has 0 aliphatic carbocycles. The molecule has 0 spiro atoms. The van der Waals surface area contributed by atoms with Gasteiger partial charge in [-0.25, -0.2) is 0 Å². The molecule has 0 aliphatic rings. The molecule has 0 aromatic carbocycles. The third-order valence-electron chi connectivity index (χ3n) is 1.29. The van der Waals surface area contributed by atoms with Crippen LogP contribution in [-0.2, 0) is 4.74 Å². The molecule has 0 aromatic heterocycles. The van der Waals surface area contributed by atoms with Crippen molar-refractivity contribution >= 4 is 5.84 Å². The molecule has 0 atom stereocenters. The van der Waals surface area contributed by atoms with Crippen molar-refractivity contribution in [1.82, 2.24) is 0 Å². The summed E-state index contributed by atoms with van der Waals surface area (Å²) in [4.78, 5) is 4.13. The SMILES string of the molecule is COCC(C)(C)CN=C(C)N. The molecule has 0 radical (unpaired) electrons. The van der Waals surface area contributed by atoms with Crippen LogP contribution in [0.25, 0.3) is 0 Å². The average molecular weight is 158 g/mol. The van der Waals surface area contributed by atoms with Crippen LogP contribution >= 0.6 is 0 Å². The van der Waals surface area contributed by atoms with E-state index in [1.54, 1.807) is 14.0 Å². The number of nitrogens with zero attached hydrogens (tertiary/aromatic N) is 1. The van der Waals surface area contributed by atoms with Crippen LogP contribution in [0.15, 0.2) is 4.99 Å². The summed E-state index contributed by atoms with van der Waals surface area (Å²) in [5.41, 5.74) is 5.50. The highest BCUT2D eigenvalue weighted by Crippen LogP contribution is 2.14. The maximum atomic E-state index is 5.40. The highest BCUT2D eigenvalue weighted by Gasteiger charge is 2.16. The number of aliphatic imine (C=N–C) groups is 1. The highest BCUT2D eigenvalue weighted by molar-refractivity contribution is 5.77. The zero-order valence-corrected chi connectivity index (χ0v) is 7.85. The van der Waals surface area contributed by atoms with Gasteiger partial charge in [-0.3, -0.25) is 4.99 Å². The van der Waals surface area contributed by atoms with Gasteiger partial charge in [-0.15, -0.1) is 0 Å². The molecular formula is C8H18N2O. The van der Waals surface area contributed by atoms with Crippen molar-refractivity contribution in [2.45, 2.75) is 20.8 Å². The lowest BCUT2D eigenvalue weighted by Gasteiger charge is -2.20. The Hall–Kier alpha value is -0.570. The van der Waals surface area contributed by atoms with E-state index in [9.17, 15) is 0 Å². The topological polar surface area (TPSA) is 47.6 Å².